The molecule has 0 saturated heterocycles. The van der Waals surface area contributed by atoms with Crippen LogP contribution in [0.5, 0.6) is 5.75 Å². The number of nitrogens with zero attached hydrogens (tertiary/aromatic N) is 1. The van der Waals surface area contributed by atoms with Gasteiger partial charge in [-0.05, 0) is 37.1 Å². The molecule has 0 radical (unpaired) electrons. The predicted octanol–water partition coefficient (Wildman–Crippen LogP) is 2.41. The normalized spacial score (nSPS) is 11.6. The van der Waals surface area contributed by atoms with Gasteiger partial charge in [0.15, 0.2) is 6.61 Å². The summed E-state index contributed by atoms with van der Waals surface area (Å²) in [6.45, 7) is 3.62. The van der Waals surface area contributed by atoms with Crippen LogP contribution in [0.2, 0.25) is 0 Å². The minimum Gasteiger partial charge on any atom is -0.483 e. The first kappa shape index (κ1) is 17.5. The lowest BCUT2D eigenvalue weighted by Gasteiger charge is -2.17. The van der Waals surface area contributed by atoms with Crippen LogP contribution in [0.25, 0.3) is 0 Å². The van der Waals surface area contributed by atoms with Gasteiger partial charge < -0.3 is 15.2 Å². The smallest absolute Gasteiger partial charge is 0.305 e. The first-order chi connectivity index (χ1) is 11.5. The summed E-state index contributed by atoms with van der Waals surface area (Å²) < 4.78 is 5.59. The van der Waals surface area contributed by atoms with Crippen LogP contribution < -0.4 is 10.1 Å². The number of hydrogen-bond donors (Lipinski definition) is 2. The molecule has 1 aromatic heterocycles. The van der Waals surface area contributed by atoms with E-state index in [1.165, 1.54) is 0 Å². The Balaban J connectivity index is 2.01. The molecule has 24 heavy (non-hydrogen) atoms. The van der Waals surface area contributed by atoms with Crippen molar-refractivity contribution in [2.24, 2.45) is 0 Å². The highest BCUT2D eigenvalue weighted by atomic mass is 16.5. The van der Waals surface area contributed by atoms with E-state index in [0.29, 0.717) is 11.4 Å². The number of nitrogens with one attached hydrogen (secondary N) is 1. The standard InChI is InChI=1S/C18H20N2O4/c1-12-6-5-7-13(2)18(12)24-11-16(21)20-15(10-17(22)23)14-8-3-4-9-19-14/h3-9,15H,10-11H2,1-2H3,(H,20,21)(H,22,23). The Morgan fingerprint density at radius 1 is 1.17 bits per heavy atom. The van der Waals surface area contributed by atoms with E-state index in [1.54, 1.807) is 24.4 Å². The third-order valence-electron chi connectivity index (χ3n) is 3.52. The number of aromatic nitrogens is 1. The van der Waals surface area contributed by atoms with Crippen molar-refractivity contribution < 1.29 is 19.4 Å². The lowest BCUT2D eigenvalue weighted by Crippen LogP contribution is -2.34. The molecule has 6 heteroatoms. The number of para-hydroxylation sites is 1. The molecule has 1 unspecified atom stereocenters. The van der Waals surface area contributed by atoms with Crippen molar-refractivity contribution in [3.05, 3.63) is 59.4 Å². The number of aryl methyl sites for hydroxylation is 2. The molecule has 0 saturated carbocycles. The predicted molar refractivity (Wildman–Crippen MR) is 88.8 cm³/mol. The van der Waals surface area contributed by atoms with Crippen molar-refractivity contribution in [1.82, 2.24) is 10.3 Å². The highest BCUT2D eigenvalue weighted by Gasteiger charge is 2.19. The number of carboxylic acids is 1. The van der Waals surface area contributed by atoms with Crippen LogP contribution in [0.4, 0.5) is 0 Å². The molecule has 1 amide bonds. The van der Waals surface area contributed by atoms with Gasteiger partial charge in [0.2, 0.25) is 0 Å². The average molecular weight is 328 g/mol. The van der Waals surface area contributed by atoms with Gasteiger partial charge in [0.05, 0.1) is 18.2 Å². The van der Waals surface area contributed by atoms with Crippen molar-refractivity contribution in [2.45, 2.75) is 26.3 Å². The first-order valence-corrected chi connectivity index (χ1v) is 7.58. The van der Waals surface area contributed by atoms with E-state index in [0.717, 1.165) is 11.1 Å². The summed E-state index contributed by atoms with van der Waals surface area (Å²) >= 11 is 0. The molecule has 1 heterocycles. The van der Waals surface area contributed by atoms with Gasteiger partial charge in [-0.1, -0.05) is 24.3 Å². The number of hydrogen-bond acceptors (Lipinski definition) is 4. The molecule has 1 atom stereocenters. The molecule has 2 aromatic rings. The third-order valence-corrected chi connectivity index (χ3v) is 3.52. The summed E-state index contributed by atoms with van der Waals surface area (Å²) in [5.74, 6) is -0.739. The van der Waals surface area contributed by atoms with E-state index in [-0.39, 0.29) is 13.0 Å². The maximum absolute atomic E-state index is 12.1. The second-order valence-electron chi connectivity index (χ2n) is 5.48. The fourth-order valence-electron chi connectivity index (χ4n) is 2.39. The highest BCUT2D eigenvalue weighted by molar-refractivity contribution is 5.79. The minimum atomic E-state index is -1.01. The van der Waals surface area contributed by atoms with E-state index < -0.39 is 17.9 Å². The minimum absolute atomic E-state index is 0.186. The van der Waals surface area contributed by atoms with Crippen LogP contribution in [-0.4, -0.2) is 28.6 Å². The lowest BCUT2D eigenvalue weighted by atomic mass is 10.1. The maximum atomic E-state index is 12.1. The number of carbonyl (C=O) groups excluding carboxylic acids is 1. The Labute approximate surface area is 140 Å². The van der Waals surface area contributed by atoms with Gasteiger partial charge in [-0.15, -0.1) is 0 Å². The number of rotatable bonds is 7. The topological polar surface area (TPSA) is 88.5 Å². The number of benzene rings is 1. The average Bonchev–Trinajstić information content (AvgIpc) is 2.54. The SMILES string of the molecule is Cc1cccc(C)c1OCC(=O)NC(CC(=O)O)c1ccccn1. The molecule has 0 spiro atoms. The van der Waals surface area contributed by atoms with Crippen molar-refractivity contribution in [3.8, 4) is 5.75 Å². The third kappa shape index (κ3) is 4.81. The van der Waals surface area contributed by atoms with Gasteiger partial charge in [-0.2, -0.15) is 0 Å². The molecular formula is C18H20N2O4. The molecule has 6 nitrogen and oxygen atoms in total. The maximum Gasteiger partial charge on any atom is 0.305 e. The van der Waals surface area contributed by atoms with Crippen LogP contribution >= 0.6 is 0 Å². The van der Waals surface area contributed by atoms with E-state index in [1.807, 2.05) is 32.0 Å². The molecule has 0 bridgehead atoms. The zero-order valence-electron chi connectivity index (χ0n) is 13.7. The summed E-state index contributed by atoms with van der Waals surface area (Å²) in [5, 5.41) is 11.7. The highest BCUT2D eigenvalue weighted by Crippen LogP contribution is 2.22. The summed E-state index contributed by atoms with van der Waals surface area (Å²) in [4.78, 5) is 27.3. The van der Waals surface area contributed by atoms with Crippen molar-refractivity contribution in [2.75, 3.05) is 6.61 Å². The van der Waals surface area contributed by atoms with Crippen molar-refractivity contribution >= 4 is 11.9 Å². The Morgan fingerprint density at radius 3 is 2.46 bits per heavy atom. The fraction of sp³-hybridized carbons (Fsp3) is 0.278. The molecule has 0 aliphatic carbocycles. The van der Waals surface area contributed by atoms with Gasteiger partial charge >= 0.3 is 5.97 Å². The summed E-state index contributed by atoms with van der Waals surface area (Å²) in [6.07, 6.45) is 1.32. The number of aliphatic carboxylic acids is 1. The number of ether oxygens (including phenoxy) is 1. The Kier molecular flexibility index (Phi) is 5.89. The number of pyridine rings is 1. The Bertz CT molecular complexity index is 696. The molecule has 2 N–H and O–H groups in total. The molecule has 2 rings (SSSR count). The quantitative estimate of drug-likeness (QED) is 0.815. The van der Waals surface area contributed by atoms with Crippen LogP contribution in [0.1, 0.15) is 29.3 Å². The monoisotopic (exact) mass is 328 g/mol. The molecule has 126 valence electrons. The largest absolute Gasteiger partial charge is 0.483 e. The van der Waals surface area contributed by atoms with Crippen LogP contribution in [0.3, 0.4) is 0 Å². The Morgan fingerprint density at radius 2 is 1.88 bits per heavy atom. The van der Waals surface area contributed by atoms with Gasteiger partial charge in [0.1, 0.15) is 5.75 Å². The molecule has 1 aromatic carbocycles. The molecular weight excluding hydrogens is 308 g/mol. The van der Waals surface area contributed by atoms with Gasteiger partial charge in [0, 0.05) is 6.20 Å². The second kappa shape index (κ2) is 8.10. The fourth-order valence-corrected chi connectivity index (χ4v) is 2.39. The van der Waals surface area contributed by atoms with Crippen LogP contribution in [-0.2, 0) is 9.59 Å². The Hall–Kier alpha value is -2.89. The number of carboxylic acid groups (broad SMARTS) is 1. The van der Waals surface area contributed by atoms with E-state index in [9.17, 15) is 9.59 Å². The second-order valence-corrected chi connectivity index (χ2v) is 5.48. The molecule has 0 fully saturated rings. The zero-order valence-corrected chi connectivity index (χ0v) is 13.7. The van der Waals surface area contributed by atoms with E-state index in [4.69, 9.17) is 9.84 Å². The summed E-state index contributed by atoms with van der Waals surface area (Å²) in [7, 11) is 0. The van der Waals surface area contributed by atoms with Gasteiger partial charge in [-0.25, -0.2) is 0 Å². The van der Waals surface area contributed by atoms with Crippen LogP contribution in [0, 0.1) is 13.8 Å². The summed E-state index contributed by atoms with van der Waals surface area (Å²) in [6, 6.07) is 10.2. The molecule has 0 aliphatic rings. The molecule has 0 aliphatic heterocycles. The van der Waals surface area contributed by atoms with E-state index in [2.05, 4.69) is 10.3 Å². The van der Waals surface area contributed by atoms with Crippen molar-refractivity contribution in [3.63, 3.8) is 0 Å². The van der Waals surface area contributed by atoms with Crippen LogP contribution in [0.15, 0.2) is 42.6 Å². The zero-order chi connectivity index (χ0) is 17.5. The summed E-state index contributed by atoms with van der Waals surface area (Å²) in [5.41, 5.74) is 2.38. The number of carbonyl (C=O) groups is 2. The first-order valence-electron chi connectivity index (χ1n) is 7.58. The van der Waals surface area contributed by atoms with E-state index >= 15 is 0 Å². The number of amides is 1. The van der Waals surface area contributed by atoms with Crippen molar-refractivity contribution in [1.29, 1.82) is 0 Å². The van der Waals surface area contributed by atoms with Gasteiger partial charge in [-0.3, -0.25) is 14.6 Å². The lowest BCUT2D eigenvalue weighted by molar-refractivity contribution is -0.137. The van der Waals surface area contributed by atoms with Gasteiger partial charge in [0.25, 0.3) is 5.91 Å².